The van der Waals surface area contributed by atoms with Gasteiger partial charge in [0.25, 0.3) is 0 Å². The van der Waals surface area contributed by atoms with Gasteiger partial charge in [0.15, 0.2) is 0 Å². The lowest BCUT2D eigenvalue weighted by Crippen LogP contribution is -2.30. The van der Waals surface area contributed by atoms with E-state index in [1.54, 1.807) is 18.2 Å². The first-order valence-electron chi connectivity index (χ1n) is 6.77. The number of benzene rings is 2. The van der Waals surface area contributed by atoms with E-state index in [-0.39, 0.29) is 10.9 Å². The lowest BCUT2D eigenvalue weighted by atomic mass is 10.1. The van der Waals surface area contributed by atoms with Crippen LogP contribution in [0.5, 0.6) is 0 Å². The Hall–Kier alpha value is -1.90. The Bertz CT molecular complexity index is 792. The number of hydrogen-bond acceptors (Lipinski definition) is 3. The summed E-state index contributed by atoms with van der Waals surface area (Å²) in [4.78, 5) is 11.9. The SMILES string of the molecule is NS(=O)(=O)c1ccc(CCNC(=O)Nc2ccccc2Br)cc1. The summed E-state index contributed by atoms with van der Waals surface area (Å²) in [7, 11) is -3.68. The Morgan fingerprint density at radius 3 is 2.35 bits per heavy atom. The van der Waals surface area contributed by atoms with Gasteiger partial charge in [0.05, 0.1) is 10.6 Å². The number of hydrogen-bond donors (Lipinski definition) is 3. The van der Waals surface area contributed by atoms with Crippen LogP contribution < -0.4 is 15.8 Å². The third-order valence-corrected chi connectivity index (χ3v) is 4.69. The van der Waals surface area contributed by atoms with E-state index >= 15 is 0 Å². The minimum absolute atomic E-state index is 0.0703. The smallest absolute Gasteiger partial charge is 0.319 e. The average molecular weight is 398 g/mol. The molecule has 0 fully saturated rings. The van der Waals surface area contributed by atoms with E-state index in [1.165, 1.54) is 12.1 Å². The van der Waals surface area contributed by atoms with Crippen molar-refractivity contribution in [3.05, 3.63) is 58.6 Å². The van der Waals surface area contributed by atoms with Gasteiger partial charge in [-0.05, 0) is 52.2 Å². The van der Waals surface area contributed by atoms with Crippen LogP contribution in [0, 0.1) is 0 Å². The summed E-state index contributed by atoms with van der Waals surface area (Å²) in [6, 6.07) is 13.3. The maximum Gasteiger partial charge on any atom is 0.319 e. The highest BCUT2D eigenvalue weighted by atomic mass is 79.9. The van der Waals surface area contributed by atoms with Gasteiger partial charge in [-0.2, -0.15) is 0 Å². The largest absolute Gasteiger partial charge is 0.338 e. The van der Waals surface area contributed by atoms with Gasteiger partial charge >= 0.3 is 6.03 Å². The number of urea groups is 1. The first-order chi connectivity index (χ1) is 10.9. The van der Waals surface area contributed by atoms with Crippen LogP contribution in [-0.4, -0.2) is 21.0 Å². The Balaban J connectivity index is 1.83. The Kier molecular flexibility index (Phi) is 5.75. The molecule has 0 saturated carbocycles. The van der Waals surface area contributed by atoms with Crippen LogP contribution in [0.15, 0.2) is 57.9 Å². The molecule has 0 unspecified atom stereocenters. The molecule has 2 aromatic rings. The fraction of sp³-hybridized carbons (Fsp3) is 0.133. The van der Waals surface area contributed by atoms with Gasteiger partial charge in [-0.3, -0.25) is 0 Å². The van der Waals surface area contributed by atoms with Crippen molar-refractivity contribution in [3.63, 3.8) is 0 Å². The number of nitrogens with one attached hydrogen (secondary N) is 2. The number of rotatable bonds is 5. The zero-order valence-electron chi connectivity index (χ0n) is 12.1. The van der Waals surface area contributed by atoms with Gasteiger partial charge in [0.1, 0.15) is 0 Å². The highest BCUT2D eigenvalue weighted by Gasteiger charge is 2.07. The number of carbonyl (C=O) groups excluding carboxylic acids is 1. The zero-order chi connectivity index (χ0) is 16.9. The zero-order valence-corrected chi connectivity index (χ0v) is 14.5. The van der Waals surface area contributed by atoms with Crippen molar-refractivity contribution in [3.8, 4) is 0 Å². The summed E-state index contributed by atoms with van der Waals surface area (Å²) >= 11 is 3.35. The molecular weight excluding hydrogens is 382 g/mol. The van der Waals surface area contributed by atoms with Gasteiger partial charge in [0, 0.05) is 11.0 Å². The Morgan fingerprint density at radius 1 is 1.09 bits per heavy atom. The first-order valence-corrected chi connectivity index (χ1v) is 9.11. The van der Waals surface area contributed by atoms with Crippen molar-refractivity contribution >= 4 is 37.7 Å². The second-order valence-electron chi connectivity index (χ2n) is 4.80. The van der Waals surface area contributed by atoms with Crippen LogP contribution in [0.1, 0.15) is 5.56 Å². The fourth-order valence-electron chi connectivity index (χ4n) is 1.90. The molecule has 0 aromatic heterocycles. The molecule has 0 saturated heterocycles. The first kappa shape index (κ1) is 17.5. The molecule has 0 aliphatic heterocycles. The van der Waals surface area contributed by atoms with Gasteiger partial charge in [-0.25, -0.2) is 18.4 Å². The summed E-state index contributed by atoms with van der Waals surface area (Å²) < 4.78 is 23.1. The monoisotopic (exact) mass is 397 g/mol. The number of nitrogens with two attached hydrogens (primary N) is 1. The van der Waals surface area contributed by atoms with Crippen LogP contribution in [0.3, 0.4) is 0 Å². The highest BCUT2D eigenvalue weighted by molar-refractivity contribution is 9.10. The Morgan fingerprint density at radius 2 is 1.74 bits per heavy atom. The molecular formula is C15H16BrN3O3S. The van der Waals surface area contributed by atoms with Gasteiger partial charge < -0.3 is 10.6 Å². The standard InChI is InChI=1S/C15H16BrN3O3S/c16-13-3-1-2-4-14(13)19-15(20)18-10-9-11-5-7-12(8-6-11)23(17,21)22/h1-8H,9-10H2,(H2,17,21,22)(H2,18,19,20). The van der Waals surface area contributed by atoms with Gasteiger partial charge in [-0.1, -0.05) is 24.3 Å². The lowest BCUT2D eigenvalue weighted by molar-refractivity contribution is 0.252. The third-order valence-electron chi connectivity index (χ3n) is 3.07. The minimum atomic E-state index is -3.68. The van der Waals surface area contributed by atoms with Crippen molar-refractivity contribution < 1.29 is 13.2 Å². The van der Waals surface area contributed by atoms with Crippen LogP contribution >= 0.6 is 15.9 Å². The summed E-state index contributed by atoms with van der Waals surface area (Å²) in [6.45, 7) is 0.422. The van der Waals surface area contributed by atoms with Crippen molar-refractivity contribution in [2.75, 3.05) is 11.9 Å². The third kappa shape index (κ3) is 5.34. The molecule has 6 nitrogen and oxygen atoms in total. The minimum Gasteiger partial charge on any atom is -0.338 e. The van der Waals surface area contributed by atoms with E-state index in [9.17, 15) is 13.2 Å². The van der Waals surface area contributed by atoms with Crippen LogP contribution in [0.25, 0.3) is 0 Å². The number of carbonyl (C=O) groups is 1. The number of amides is 2. The summed E-state index contributed by atoms with van der Waals surface area (Å²) in [5, 5.41) is 10.5. The molecule has 23 heavy (non-hydrogen) atoms. The molecule has 2 aromatic carbocycles. The van der Waals surface area contributed by atoms with Crippen LogP contribution in [-0.2, 0) is 16.4 Å². The Labute approximate surface area is 143 Å². The molecule has 2 amide bonds. The summed E-state index contributed by atoms with van der Waals surface area (Å²) in [5.41, 5.74) is 1.58. The van der Waals surface area contributed by atoms with Crippen molar-refractivity contribution in [1.82, 2.24) is 5.32 Å². The van der Waals surface area contributed by atoms with Gasteiger partial charge in [0.2, 0.25) is 10.0 Å². The molecule has 122 valence electrons. The lowest BCUT2D eigenvalue weighted by Gasteiger charge is -2.09. The van der Waals surface area contributed by atoms with Crippen molar-refractivity contribution in [1.29, 1.82) is 0 Å². The molecule has 0 spiro atoms. The average Bonchev–Trinajstić information content (AvgIpc) is 2.49. The molecule has 0 bridgehead atoms. The highest BCUT2D eigenvalue weighted by Crippen LogP contribution is 2.20. The molecule has 4 N–H and O–H groups in total. The van der Waals surface area contributed by atoms with E-state index in [0.717, 1.165) is 10.0 Å². The van der Waals surface area contributed by atoms with E-state index in [1.807, 2.05) is 18.2 Å². The maximum absolute atomic E-state index is 11.8. The topological polar surface area (TPSA) is 101 Å². The van der Waals surface area contributed by atoms with Crippen LogP contribution in [0.4, 0.5) is 10.5 Å². The maximum atomic E-state index is 11.8. The van der Waals surface area contributed by atoms with E-state index in [0.29, 0.717) is 18.7 Å². The van der Waals surface area contributed by atoms with E-state index in [2.05, 4.69) is 26.6 Å². The second kappa shape index (κ2) is 7.58. The molecule has 0 atom stereocenters. The molecule has 2 rings (SSSR count). The number of anilines is 1. The quantitative estimate of drug-likeness (QED) is 0.721. The molecule has 0 aliphatic carbocycles. The number of sulfonamides is 1. The molecule has 0 heterocycles. The number of halogens is 1. The molecule has 8 heteroatoms. The molecule has 0 radical (unpaired) electrons. The summed E-state index contributed by atoms with van der Waals surface area (Å²) in [5.74, 6) is 0. The second-order valence-corrected chi connectivity index (χ2v) is 7.22. The van der Waals surface area contributed by atoms with E-state index in [4.69, 9.17) is 5.14 Å². The number of para-hydroxylation sites is 1. The normalized spacial score (nSPS) is 11.0. The van der Waals surface area contributed by atoms with Gasteiger partial charge in [-0.15, -0.1) is 0 Å². The predicted octanol–water partition coefficient (Wildman–Crippen LogP) is 2.46. The number of primary sulfonamides is 1. The fourth-order valence-corrected chi connectivity index (χ4v) is 2.79. The molecule has 0 aliphatic rings. The van der Waals surface area contributed by atoms with Crippen molar-refractivity contribution in [2.24, 2.45) is 5.14 Å². The predicted molar refractivity (Wildman–Crippen MR) is 92.7 cm³/mol. The van der Waals surface area contributed by atoms with Crippen LogP contribution in [0.2, 0.25) is 0 Å². The van der Waals surface area contributed by atoms with E-state index < -0.39 is 10.0 Å². The van der Waals surface area contributed by atoms with Crippen molar-refractivity contribution in [2.45, 2.75) is 11.3 Å². The summed E-state index contributed by atoms with van der Waals surface area (Å²) in [6.07, 6.45) is 0.578.